The zero-order valence-corrected chi connectivity index (χ0v) is 12.0. The molecule has 0 atom stereocenters. The van der Waals surface area contributed by atoms with Gasteiger partial charge in [-0.2, -0.15) is 0 Å². The van der Waals surface area contributed by atoms with Crippen LogP contribution in [0.2, 0.25) is 0 Å². The maximum absolute atomic E-state index is 11.3. The van der Waals surface area contributed by atoms with Gasteiger partial charge in [-0.15, -0.1) is 11.3 Å². The van der Waals surface area contributed by atoms with Gasteiger partial charge in [0, 0.05) is 4.88 Å². The van der Waals surface area contributed by atoms with E-state index in [-0.39, 0.29) is 5.92 Å². The third kappa shape index (κ3) is 2.79. The van der Waals surface area contributed by atoms with Gasteiger partial charge in [-0.25, -0.2) is 4.79 Å². The van der Waals surface area contributed by atoms with Crippen molar-refractivity contribution in [1.82, 2.24) is 0 Å². The molecule has 3 nitrogen and oxygen atoms in total. The molecule has 100 valence electrons. The van der Waals surface area contributed by atoms with Crippen molar-refractivity contribution in [3.8, 4) is 16.2 Å². The molecule has 1 aromatic heterocycles. The Kier molecular flexibility index (Phi) is 3.90. The van der Waals surface area contributed by atoms with Crippen LogP contribution in [0.25, 0.3) is 10.4 Å². The van der Waals surface area contributed by atoms with Gasteiger partial charge in [-0.05, 0) is 35.2 Å². The van der Waals surface area contributed by atoms with E-state index in [1.165, 1.54) is 11.3 Å². The fourth-order valence-electron chi connectivity index (χ4n) is 1.92. The van der Waals surface area contributed by atoms with Crippen LogP contribution in [0, 0.1) is 0 Å². The Hall–Kier alpha value is -1.81. The quantitative estimate of drug-likeness (QED) is 0.908. The molecule has 0 aliphatic heterocycles. The maximum Gasteiger partial charge on any atom is 0.346 e. The van der Waals surface area contributed by atoms with E-state index in [0.717, 1.165) is 21.8 Å². The summed E-state index contributed by atoms with van der Waals surface area (Å²) in [7, 11) is 1.62. The lowest BCUT2D eigenvalue weighted by Gasteiger charge is -2.02. The number of thiophene rings is 1. The number of methoxy groups -OCH3 is 1. The molecule has 1 aromatic carbocycles. The first-order valence-electron chi connectivity index (χ1n) is 6.04. The number of carboxylic acids is 1. The number of hydrogen-bond acceptors (Lipinski definition) is 3. The van der Waals surface area contributed by atoms with Crippen LogP contribution in [0.5, 0.6) is 5.75 Å². The maximum atomic E-state index is 11.3. The normalized spacial score (nSPS) is 10.7. The standard InChI is InChI=1S/C15H16O3S/c1-9(2)12-8-13(19-14(12)15(16)17)10-5-4-6-11(7-10)18-3/h4-9H,1-3H3,(H,16,17). The highest BCUT2D eigenvalue weighted by atomic mass is 32.1. The second kappa shape index (κ2) is 5.45. The summed E-state index contributed by atoms with van der Waals surface area (Å²) in [6, 6.07) is 9.63. The highest BCUT2D eigenvalue weighted by Crippen LogP contribution is 2.36. The number of rotatable bonds is 4. The van der Waals surface area contributed by atoms with Crippen LogP contribution in [0.4, 0.5) is 0 Å². The van der Waals surface area contributed by atoms with Crippen LogP contribution in [0.1, 0.15) is 35.0 Å². The molecule has 2 aromatic rings. The lowest BCUT2D eigenvalue weighted by Crippen LogP contribution is -1.98. The van der Waals surface area contributed by atoms with Crippen LogP contribution in [-0.2, 0) is 0 Å². The molecule has 0 saturated heterocycles. The number of hydrogen-bond donors (Lipinski definition) is 1. The fourth-order valence-corrected chi connectivity index (χ4v) is 3.07. The minimum absolute atomic E-state index is 0.196. The van der Waals surface area contributed by atoms with E-state index < -0.39 is 5.97 Å². The number of carbonyl (C=O) groups is 1. The van der Waals surface area contributed by atoms with Crippen LogP contribution in [0.3, 0.4) is 0 Å². The zero-order valence-electron chi connectivity index (χ0n) is 11.1. The smallest absolute Gasteiger partial charge is 0.346 e. The van der Waals surface area contributed by atoms with Crippen molar-refractivity contribution in [1.29, 1.82) is 0 Å². The lowest BCUT2D eigenvalue weighted by molar-refractivity contribution is 0.0700. The van der Waals surface area contributed by atoms with Gasteiger partial charge in [-0.1, -0.05) is 26.0 Å². The molecule has 2 rings (SSSR count). The van der Waals surface area contributed by atoms with Gasteiger partial charge in [0.1, 0.15) is 10.6 Å². The van der Waals surface area contributed by atoms with Gasteiger partial charge in [-0.3, -0.25) is 0 Å². The van der Waals surface area contributed by atoms with E-state index in [9.17, 15) is 9.90 Å². The first-order valence-corrected chi connectivity index (χ1v) is 6.86. The average molecular weight is 276 g/mol. The predicted molar refractivity (Wildman–Crippen MR) is 77.4 cm³/mol. The Morgan fingerprint density at radius 2 is 2.05 bits per heavy atom. The summed E-state index contributed by atoms with van der Waals surface area (Å²) in [6.45, 7) is 4.01. The van der Waals surface area contributed by atoms with Gasteiger partial charge in [0.25, 0.3) is 0 Å². The molecule has 0 radical (unpaired) electrons. The molecule has 4 heteroatoms. The van der Waals surface area contributed by atoms with Crippen molar-refractivity contribution in [3.63, 3.8) is 0 Å². The molecule has 0 saturated carbocycles. The molecular weight excluding hydrogens is 260 g/mol. The summed E-state index contributed by atoms with van der Waals surface area (Å²) < 4.78 is 5.20. The second-order valence-electron chi connectivity index (χ2n) is 4.59. The third-order valence-electron chi connectivity index (χ3n) is 2.93. The molecule has 1 heterocycles. The Balaban J connectivity index is 2.50. The summed E-state index contributed by atoms with van der Waals surface area (Å²) in [5.74, 6) is 0.110. The van der Waals surface area contributed by atoms with Gasteiger partial charge in [0.15, 0.2) is 0 Å². The number of carboxylic acid groups (broad SMARTS) is 1. The van der Waals surface area contributed by atoms with E-state index in [0.29, 0.717) is 4.88 Å². The Labute approximate surface area is 116 Å². The molecule has 0 spiro atoms. The van der Waals surface area contributed by atoms with Crippen molar-refractivity contribution in [2.24, 2.45) is 0 Å². The first kappa shape index (κ1) is 13.6. The topological polar surface area (TPSA) is 46.5 Å². The van der Waals surface area contributed by atoms with E-state index in [4.69, 9.17) is 4.74 Å². The van der Waals surface area contributed by atoms with Gasteiger partial charge < -0.3 is 9.84 Å². The highest BCUT2D eigenvalue weighted by molar-refractivity contribution is 7.17. The third-order valence-corrected chi connectivity index (χ3v) is 4.12. The Morgan fingerprint density at radius 3 is 2.58 bits per heavy atom. The Bertz CT molecular complexity index is 599. The van der Waals surface area contributed by atoms with Crippen molar-refractivity contribution in [3.05, 3.63) is 40.8 Å². The van der Waals surface area contributed by atoms with Crippen molar-refractivity contribution in [2.45, 2.75) is 19.8 Å². The number of ether oxygens (including phenoxy) is 1. The van der Waals surface area contributed by atoms with Gasteiger partial charge in [0.2, 0.25) is 0 Å². The van der Waals surface area contributed by atoms with Crippen molar-refractivity contribution in [2.75, 3.05) is 7.11 Å². The summed E-state index contributed by atoms with van der Waals surface area (Å²) in [5, 5.41) is 9.26. The molecular formula is C15H16O3S. The zero-order chi connectivity index (χ0) is 14.0. The van der Waals surface area contributed by atoms with Crippen LogP contribution in [-0.4, -0.2) is 18.2 Å². The monoisotopic (exact) mass is 276 g/mol. The molecule has 0 aliphatic rings. The second-order valence-corrected chi connectivity index (χ2v) is 5.64. The van der Waals surface area contributed by atoms with Gasteiger partial charge >= 0.3 is 5.97 Å². The average Bonchev–Trinajstić information content (AvgIpc) is 2.84. The van der Waals surface area contributed by atoms with Crippen molar-refractivity contribution >= 4 is 17.3 Å². The molecule has 0 fully saturated rings. The largest absolute Gasteiger partial charge is 0.497 e. The summed E-state index contributed by atoms with van der Waals surface area (Å²) >= 11 is 1.31. The first-order chi connectivity index (χ1) is 9.02. The lowest BCUT2D eigenvalue weighted by atomic mass is 10.0. The van der Waals surface area contributed by atoms with Crippen LogP contribution >= 0.6 is 11.3 Å². The molecule has 0 bridgehead atoms. The van der Waals surface area contributed by atoms with E-state index in [1.54, 1.807) is 7.11 Å². The Morgan fingerprint density at radius 1 is 1.32 bits per heavy atom. The highest BCUT2D eigenvalue weighted by Gasteiger charge is 2.18. The van der Waals surface area contributed by atoms with Gasteiger partial charge in [0.05, 0.1) is 7.11 Å². The SMILES string of the molecule is COc1cccc(-c2cc(C(C)C)c(C(=O)O)s2)c1. The predicted octanol–water partition coefficient (Wildman–Crippen LogP) is 4.25. The number of aromatic carboxylic acids is 1. The van der Waals surface area contributed by atoms with E-state index in [2.05, 4.69) is 0 Å². The van der Waals surface area contributed by atoms with Crippen molar-refractivity contribution < 1.29 is 14.6 Å². The van der Waals surface area contributed by atoms with E-state index >= 15 is 0 Å². The molecule has 0 aliphatic carbocycles. The summed E-state index contributed by atoms with van der Waals surface area (Å²) in [4.78, 5) is 12.7. The molecule has 0 amide bonds. The minimum Gasteiger partial charge on any atom is -0.497 e. The molecule has 19 heavy (non-hydrogen) atoms. The summed E-state index contributed by atoms with van der Waals surface area (Å²) in [6.07, 6.45) is 0. The molecule has 1 N–H and O–H groups in total. The minimum atomic E-state index is -0.858. The summed E-state index contributed by atoms with van der Waals surface area (Å²) in [5.41, 5.74) is 1.87. The fraction of sp³-hybridized carbons (Fsp3) is 0.267. The molecule has 0 unspecified atom stereocenters. The number of benzene rings is 1. The van der Waals surface area contributed by atoms with E-state index in [1.807, 2.05) is 44.2 Å². The van der Waals surface area contributed by atoms with Crippen LogP contribution in [0.15, 0.2) is 30.3 Å². The van der Waals surface area contributed by atoms with Crippen LogP contribution < -0.4 is 4.74 Å².